The van der Waals surface area contributed by atoms with Gasteiger partial charge in [-0.2, -0.15) is 0 Å². The molecule has 1 heterocycles. The normalized spacial score (nSPS) is 12.5. The highest BCUT2D eigenvalue weighted by molar-refractivity contribution is 7.92. The second-order valence-corrected chi connectivity index (χ2v) is 7.08. The molecule has 1 unspecified atom stereocenters. The van der Waals surface area contributed by atoms with Crippen LogP contribution < -0.4 is 14.8 Å². The number of hydrogen-bond donors (Lipinski definition) is 2. The molecule has 0 aliphatic rings. The Hall–Kier alpha value is -2.28. The number of nitrogens with one attached hydrogen (secondary N) is 2. The van der Waals surface area contributed by atoms with Crippen molar-refractivity contribution in [2.45, 2.75) is 38.1 Å². The Morgan fingerprint density at radius 2 is 1.83 bits per heavy atom. The van der Waals surface area contributed by atoms with Crippen LogP contribution in [0.15, 0.2) is 47.5 Å². The average molecular weight is 349 g/mol. The zero-order valence-electron chi connectivity index (χ0n) is 14.1. The molecule has 0 amide bonds. The number of aromatic nitrogens is 1. The summed E-state index contributed by atoms with van der Waals surface area (Å²) < 4.78 is 32.5. The first kappa shape index (κ1) is 18.1. The van der Waals surface area contributed by atoms with Crippen LogP contribution in [0.3, 0.4) is 0 Å². The van der Waals surface area contributed by atoms with Gasteiger partial charge in [-0.05, 0) is 56.7 Å². The molecule has 0 saturated heterocycles. The predicted octanol–water partition coefficient (Wildman–Crippen LogP) is 3.49. The van der Waals surface area contributed by atoms with Crippen molar-refractivity contribution in [3.63, 3.8) is 0 Å². The van der Waals surface area contributed by atoms with E-state index in [1.807, 2.05) is 6.92 Å². The van der Waals surface area contributed by atoms with Crippen LogP contribution in [0.5, 0.6) is 5.75 Å². The van der Waals surface area contributed by atoms with Crippen LogP contribution in [-0.2, 0) is 10.0 Å². The van der Waals surface area contributed by atoms with E-state index in [4.69, 9.17) is 4.74 Å². The lowest BCUT2D eigenvalue weighted by Crippen LogP contribution is -2.15. The Balaban J connectivity index is 2.08. The van der Waals surface area contributed by atoms with E-state index in [2.05, 4.69) is 28.9 Å². The van der Waals surface area contributed by atoms with E-state index in [1.165, 1.54) is 12.1 Å². The van der Waals surface area contributed by atoms with Gasteiger partial charge in [0, 0.05) is 6.04 Å². The van der Waals surface area contributed by atoms with E-state index in [9.17, 15) is 8.42 Å². The van der Waals surface area contributed by atoms with E-state index in [-0.39, 0.29) is 10.7 Å². The standard InChI is InChI=1S/C17H23N3O3S/c1-4-13(3)19-14-6-11-17(18-12-14)20-24(21,22)16-9-7-15(8-10-16)23-5-2/h6-13,19H,4-5H2,1-3H3,(H,18,20). The first-order chi connectivity index (χ1) is 11.4. The fourth-order valence-corrected chi connectivity index (χ4v) is 3.01. The molecular weight excluding hydrogens is 326 g/mol. The minimum Gasteiger partial charge on any atom is -0.494 e. The number of anilines is 2. The van der Waals surface area contributed by atoms with Gasteiger partial charge >= 0.3 is 0 Å². The molecule has 2 aromatic rings. The Morgan fingerprint density at radius 3 is 2.38 bits per heavy atom. The van der Waals surface area contributed by atoms with E-state index in [1.54, 1.807) is 30.5 Å². The molecular formula is C17H23N3O3S. The number of sulfonamides is 1. The maximum atomic E-state index is 12.4. The monoisotopic (exact) mass is 349 g/mol. The minimum absolute atomic E-state index is 0.162. The number of nitrogens with zero attached hydrogens (tertiary/aromatic N) is 1. The quantitative estimate of drug-likeness (QED) is 0.762. The van der Waals surface area contributed by atoms with Gasteiger partial charge in [0.05, 0.1) is 23.4 Å². The van der Waals surface area contributed by atoms with Crippen molar-refractivity contribution in [3.8, 4) is 5.75 Å². The molecule has 1 aromatic heterocycles. The van der Waals surface area contributed by atoms with Crippen LogP contribution in [0.25, 0.3) is 0 Å². The molecule has 2 rings (SSSR count). The Morgan fingerprint density at radius 1 is 1.12 bits per heavy atom. The third-order valence-electron chi connectivity index (χ3n) is 3.47. The summed E-state index contributed by atoms with van der Waals surface area (Å²) in [4.78, 5) is 4.31. The summed E-state index contributed by atoms with van der Waals surface area (Å²) in [5, 5.41) is 3.28. The lowest BCUT2D eigenvalue weighted by atomic mass is 10.2. The number of pyridine rings is 1. The Bertz CT molecular complexity index is 744. The van der Waals surface area contributed by atoms with Gasteiger partial charge in [0.2, 0.25) is 0 Å². The summed E-state index contributed by atoms with van der Waals surface area (Å²) in [6.07, 6.45) is 2.61. The molecule has 24 heavy (non-hydrogen) atoms. The zero-order chi connectivity index (χ0) is 17.6. The van der Waals surface area contributed by atoms with Crippen LogP contribution in [0.2, 0.25) is 0 Å². The lowest BCUT2D eigenvalue weighted by Gasteiger charge is -2.13. The first-order valence-corrected chi connectivity index (χ1v) is 9.41. The van der Waals surface area contributed by atoms with E-state index < -0.39 is 10.0 Å². The molecule has 0 bridgehead atoms. The van der Waals surface area contributed by atoms with Crippen LogP contribution in [-0.4, -0.2) is 26.1 Å². The van der Waals surface area contributed by atoms with Crippen LogP contribution in [0.4, 0.5) is 11.5 Å². The first-order valence-electron chi connectivity index (χ1n) is 7.93. The molecule has 0 aliphatic heterocycles. The SMILES string of the molecule is CCOc1ccc(S(=O)(=O)Nc2ccc(NC(C)CC)cn2)cc1. The number of benzene rings is 1. The Kier molecular flexibility index (Phi) is 6.03. The lowest BCUT2D eigenvalue weighted by molar-refractivity contribution is 0.340. The maximum Gasteiger partial charge on any atom is 0.263 e. The molecule has 130 valence electrons. The molecule has 7 heteroatoms. The second-order valence-electron chi connectivity index (χ2n) is 5.40. The van der Waals surface area contributed by atoms with Gasteiger partial charge in [-0.25, -0.2) is 13.4 Å². The van der Waals surface area contributed by atoms with Gasteiger partial charge in [0.15, 0.2) is 0 Å². The van der Waals surface area contributed by atoms with Crippen molar-refractivity contribution in [2.24, 2.45) is 0 Å². The third-order valence-corrected chi connectivity index (χ3v) is 4.84. The minimum atomic E-state index is -3.67. The highest BCUT2D eigenvalue weighted by atomic mass is 32.2. The van der Waals surface area contributed by atoms with Gasteiger partial charge in [-0.3, -0.25) is 4.72 Å². The van der Waals surface area contributed by atoms with Gasteiger partial charge < -0.3 is 10.1 Å². The molecule has 1 atom stereocenters. The van der Waals surface area contributed by atoms with Gasteiger partial charge in [0.25, 0.3) is 10.0 Å². The fraction of sp³-hybridized carbons (Fsp3) is 0.353. The maximum absolute atomic E-state index is 12.4. The van der Waals surface area contributed by atoms with Crippen LogP contribution in [0.1, 0.15) is 27.2 Å². The summed E-state index contributed by atoms with van der Waals surface area (Å²) in [5.41, 5.74) is 0.855. The van der Waals surface area contributed by atoms with Crippen molar-refractivity contribution in [1.82, 2.24) is 4.98 Å². The average Bonchev–Trinajstić information content (AvgIpc) is 2.57. The summed E-state index contributed by atoms with van der Waals surface area (Å²) in [7, 11) is -3.67. The van der Waals surface area contributed by atoms with Crippen molar-refractivity contribution >= 4 is 21.5 Å². The highest BCUT2D eigenvalue weighted by Gasteiger charge is 2.15. The number of ether oxygens (including phenoxy) is 1. The fourth-order valence-electron chi connectivity index (χ4n) is 2.00. The smallest absolute Gasteiger partial charge is 0.263 e. The van der Waals surface area contributed by atoms with Gasteiger partial charge in [-0.15, -0.1) is 0 Å². The molecule has 2 N–H and O–H groups in total. The summed E-state index contributed by atoms with van der Waals surface area (Å²) in [6, 6.07) is 10.0. The second kappa shape index (κ2) is 8.01. The van der Waals surface area contributed by atoms with E-state index in [0.717, 1.165) is 12.1 Å². The molecule has 1 aromatic carbocycles. The Labute approximate surface area is 143 Å². The predicted molar refractivity (Wildman–Crippen MR) is 96.0 cm³/mol. The number of rotatable bonds is 8. The van der Waals surface area contributed by atoms with Crippen molar-refractivity contribution in [2.75, 3.05) is 16.6 Å². The van der Waals surface area contributed by atoms with Crippen LogP contribution in [0, 0.1) is 0 Å². The molecule has 0 saturated carbocycles. The van der Waals surface area contributed by atoms with Gasteiger partial charge in [0.1, 0.15) is 11.6 Å². The molecule has 0 radical (unpaired) electrons. The van der Waals surface area contributed by atoms with E-state index >= 15 is 0 Å². The third kappa shape index (κ3) is 4.86. The van der Waals surface area contributed by atoms with Crippen molar-refractivity contribution in [3.05, 3.63) is 42.6 Å². The highest BCUT2D eigenvalue weighted by Crippen LogP contribution is 2.19. The summed E-state index contributed by atoms with van der Waals surface area (Å²) in [6.45, 7) is 6.57. The molecule has 0 fully saturated rings. The van der Waals surface area contributed by atoms with Gasteiger partial charge in [-0.1, -0.05) is 6.92 Å². The van der Waals surface area contributed by atoms with Crippen molar-refractivity contribution in [1.29, 1.82) is 0 Å². The topological polar surface area (TPSA) is 80.3 Å². The summed E-state index contributed by atoms with van der Waals surface area (Å²) >= 11 is 0. The van der Waals surface area contributed by atoms with Crippen molar-refractivity contribution < 1.29 is 13.2 Å². The molecule has 0 aliphatic carbocycles. The van der Waals surface area contributed by atoms with E-state index in [0.29, 0.717) is 18.4 Å². The van der Waals surface area contributed by atoms with Crippen LogP contribution >= 0.6 is 0 Å². The summed E-state index contributed by atoms with van der Waals surface area (Å²) in [5.74, 6) is 0.911. The molecule has 0 spiro atoms. The number of hydrogen-bond acceptors (Lipinski definition) is 5. The largest absolute Gasteiger partial charge is 0.494 e. The molecule has 6 nitrogen and oxygen atoms in total. The zero-order valence-corrected chi connectivity index (χ0v) is 14.9.